The van der Waals surface area contributed by atoms with E-state index in [4.69, 9.17) is 9.47 Å². The monoisotopic (exact) mass is 396 g/mol. The summed E-state index contributed by atoms with van der Waals surface area (Å²) in [5, 5.41) is 5.57. The molecule has 2 aromatic rings. The van der Waals surface area contributed by atoms with Gasteiger partial charge >= 0.3 is 5.97 Å². The van der Waals surface area contributed by atoms with Crippen LogP contribution < -0.4 is 15.4 Å². The lowest BCUT2D eigenvalue weighted by molar-refractivity contribution is -0.118. The minimum Gasteiger partial charge on any atom is -0.484 e. The third-order valence-electron chi connectivity index (χ3n) is 4.78. The van der Waals surface area contributed by atoms with Gasteiger partial charge in [0.25, 0.3) is 5.91 Å². The summed E-state index contributed by atoms with van der Waals surface area (Å²) in [6.07, 6.45) is 1.86. The summed E-state index contributed by atoms with van der Waals surface area (Å²) < 4.78 is 10.3. The van der Waals surface area contributed by atoms with Crippen LogP contribution in [-0.4, -0.2) is 31.5 Å². The number of amides is 2. The van der Waals surface area contributed by atoms with E-state index >= 15 is 0 Å². The number of benzene rings is 2. The molecule has 3 rings (SSSR count). The van der Waals surface area contributed by atoms with Gasteiger partial charge in [-0.1, -0.05) is 6.07 Å². The quantitative estimate of drug-likeness (QED) is 0.699. The third kappa shape index (κ3) is 5.34. The van der Waals surface area contributed by atoms with E-state index in [0.717, 1.165) is 24.0 Å². The molecule has 7 nitrogen and oxygen atoms in total. The zero-order valence-electron chi connectivity index (χ0n) is 16.7. The molecule has 2 N–H and O–H groups in total. The Morgan fingerprint density at radius 1 is 1.03 bits per heavy atom. The molecule has 7 heteroatoms. The van der Waals surface area contributed by atoms with Crippen molar-refractivity contribution in [2.45, 2.75) is 26.7 Å². The Morgan fingerprint density at radius 3 is 2.48 bits per heavy atom. The van der Waals surface area contributed by atoms with E-state index in [1.54, 1.807) is 36.4 Å². The van der Waals surface area contributed by atoms with Crippen LogP contribution in [0.2, 0.25) is 0 Å². The van der Waals surface area contributed by atoms with Crippen molar-refractivity contribution in [2.75, 3.05) is 24.4 Å². The topological polar surface area (TPSA) is 93.7 Å². The molecule has 1 fully saturated rings. The lowest BCUT2D eigenvalue weighted by atomic mass is 10.0. The lowest BCUT2D eigenvalue weighted by Crippen LogP contribution is -2.21. The van der Waals surface area contributed by atoms with Gasteiger partial charge in [0.2, 0.25) is 5.91 Å². The van der Waals surface area contributed by atoms with Gasteiger partial charge in [-0.25, -0.2) is 4.79 Å². The maximum atomic E-state index is 12.3. The summed E-state index contributed by atoms with van der Waals surface area (Å²) in [6.45, 7) is 3.47. The zero-order chi connectivity index (χ0) is 21.0. The van der Waals surface area contributed by atoms with Crippen LogP contribution in [0.25, 0.3) is 0 Å². The van der Waals surface area contributed by atoms with Crippen LogP contribution in [0.1, 0.15) is 34.3 Å². The molecule has 0 atom stereocenters. The number of aryl methyl sites for hydroxylation is 1. The van der Waals surface area contributed by atoms with Crippen LogP contribution in [-0.2, 0) is 14.3 Å². The SMILES string of the molecule is COC(=O)c1cc(NC(=O)COc2cccc(NC(=O)C3CC3)c2)cc(C)c1C. The van der Waals surface area contributed by atoms with E-state index in [1.807, 2.05) is 13.8 Å². The number of anilines is 2. The van der Waals surface area contributed by atoms with Crippen LogP contribution in [0.5, 0.6) is 5.75 Å². The van der Waals surface area contributed by atoms with Crippen LogP contribution >= 0.6 is 0 Å². The molecule has 152 valence electrons. The Kier molecular flexibility index (Phi) is 6.16. The van der Waals surface area contributed by atoms with E-state index in [9.17, 15) is 14.4 Å². The molecule has 2 aromatic carbocycles. The van der Waals surface area contributed by atoms with Gasteiger partial charge in [-0.05, 0) is 62.1 Å². The van der Waals surface area contributed by atoms with E-state index in [2.05, 4.69) is 10.6 Å². The molecule has 1 saturated carbocycles. The zero-order valence-corrected chi connectivity index (χ0v) is 16.7. The lowest BCUT2D eigenvalue weighted by Gasteiger charge is -2.12. The van der Waals surface area contributed by atoms with Gasteiger partial charge in [0.1, 0.15) is 5.75 Å². The Bertz CT molecular complexity index is 950. The number of ether oxygens (including phenoxy) is 2. The molecule has 2 amide bonds. The number of esters is 1. The highest BCUT2D eigenvalue weighted by molar-refractivity contribution is 5.96. The number of methoxy groups -OCH3 is 1. The summed E-state index contributed by atoms with van der Waals surface area (Å²) in [7, 11) is 1.32. The molecule has 0 aliphatic heterocycles. The van der Waals surface area contributed by atoms with Gasteiger partial charge in [0.05, 0.1) is 12.7 Å². The van der Waals surface area contributed by atoms with Gasteiger partial charge < -0.3 is 20.1 Å². The Hall–Kier alpha value is -3.35. The molecule has 0 unspecified atom stereocenters. The van der Waals surface area contributed by atoms with Crippen LogP contribution in [0.4, 0.5) is 11.4 Å². The maximum Gasteiger partial charge on any atom is 0.338 e. The van der Waals surface area contributed by atoms with Crippen LogP contribution in [0.15, 0.2) is 36.4 Å². The van der Waals surface area contributed by atoms with Gasteiger partial charge in [-0.15, -0.1) is 0 Å². The summed E-state index contributed by atoms with van der Waals surface area (Å²) in [4.78, 5) is 36.0. The highest BCUT2D eigenvalue weighted by atomic mass is 16.5. The number of nitrogens with one attached hydrogen (secondary N) is 2. The Balaban J connectivity index is 1.59. The first-order valence-electron chi connectivity index (χ1n) is 9.40. The molecule has 1 aliphatic carbocycles. The first-order valence-corrected chi connectivity index (χ1v) is 9.40. The van der Waals surface area contributed by atoms with E-state index in [0.29, 0.717) is 22.7 Å². The molecule has 0 bridgehead atoms. The summed E-state index contributed by atoms with van der Waals surface area (Å²) in [5.74, 6) is -0.224. The van der Waals surface area contributed by atoms with E-state index in [1.165, 1.54) is 7.11 Å². The molecule has 0 aromatic heterocycles. The molecule has 0 radical (unpaired) electrons. The average Bonchev–Trinajstić information content (AvgIpc) is 3.54. The summed E-state index contributed by atoms with van der Waals surface area (Å²) >= 11 is 0. The highest BCUT2D eigenvalue weighted by Crippen LogP contribution is 2.30. The maximum absolute atomic E-state index is 12.3. The minimum atomic E-state index is -0.456. The summed E-state index contributed by atoms with van der Waals surface area (Å²) in [6, 6.07) is 10.3. The largest absolute Gasteiger partial charge is 0.484 e. The van der Waals surface area contributed by atoms with Crippen LogP contribution in [0.3, 0.4) is 0 Å². The van der Waals surface area contributed by atoms with Crippen molar-refractivity contribution in [1.82, 2.24) is 0 Å². The smallest absolute Gasteiger partial charge is 0.338 e. The second-order valence-corrected chi connectivity index (χ2v) is 7.09. The van der Waals surface area contributed by atoms with Crippen molar-refractivity contribution in [2.24, 2.45) is 5.92 Å². The van der Waals surface area contributed by atoms with Crippen molar-refractivity contribution >= 4 is 29.2 Å². The average molecular weight is 396 g/mol. The van der Waals surface area contributed by atoms with Gasteiger partial charge in [-0.2, -0.15) is 0 Å². The number of rotatable bonds is 7. The van der Waals surface area contributed by atoms with Crippen molar-refractivity contribution in [1.29, 1.82) is 0 Å². The second-order valence-electron chi connectivity index (χ2n) is 7.09. The molecule has 0 saturated heterocycles. The second kappa shape index (κ2) is 8.77. The van der Waals surface area contributed by atoms with Gasteiger partial charge in [0.15, 0.2) is 6.61 Å². The number of carbonyl (C=O) groups is 3. The molecular formula is C22H24N2O5. The molecular weight excluding hydrogens is 372 g/mol. The van der Waals surface area contributed by atoms with Crippen molar-refractivity contribution in [3.05, 3.63) is 53.1 Å². The number of carbonyl (C=O) groups excluding carboxylic acids is 3. The van der Waals surface area contributed by atoms with Crippen LogP contribution in [0, 0.1) is 19.8 Å². The number of hydrogen-bond acceptors (Lipinski definition) is 5. The number of hydrogen-bond donors (Lipinski definition) is 2. The predicted molar refractivity (Wildman–Crippen MR) is 109 cm³/mol. The fraction of sp³-hybridized carbons (Fsp3) is 0.318. The van der Waals surface area contributed by atoms with Gasteiger partial charge in [0, 0.05) is 23.4 Å². The normalized spacial score (nSPS) is 12.8. The molecule has 0 spiro atoms. The third-order valence-corrected chi connectivity index (χ3v) is 4.78. The highest BCUT2D eigenvalue weighted by Gasteiger charge is 2.29. The fourth-order valence-corrected chi connectivity index (χ4v) is 2.85. The molecule has 1 aliphatic rings. The molecule has 29 heavy (non-hydrogen) atoms. The fourth-order valence-electron chi connectivity index (χ4n) is 2.85. The Morgan fingerprint density at radius 2 is 1.79 bits per heavy atom. The molecule has 0 heterocycles. The van der Waals surface area contributed by atoms with Crippen molar-refractivity contribution in [3.63, 3.8) is 0 Å². The standard InChI is InChI=1S/C22H24N2O5/c1-13-9-17(11-19(14(13)2)22(27)28-3)23-20(25)12-29-18-6-4-5-16(10-18)24-21(26)15-7-8-15/h4-6,9-11,15H,7-8,12H2,1-3H3,(H,23,25)(H,24,26). The first kappa shape index (κ1) is 20.4. The predicted octanol–water partition coefficient (Wildman–Crippen LogP) is 3.46. The van der Waals surface area contributed by atoms with E-state index in [-0.39, 0.29) is 24.3 Å². The minimum absolute atomic E-state index is 0.0102. The van der Waals surface area contributed by atoms with Crippen molar-refractivity contribution in [3.8, 4) is 5.75 Å². The van der Waals surface area contributed by atoms with E-state index < -0.39 is 5.97 Å². The summed E-state index contributed by atoms with van der Waals surface area (Å²) in [5.41, 5.74) is 3.20. The Labute approximate surface area is 169 Å². The van der Waals surface area contributed by atoms with Gasteiger partial charge in [-0.3, -0.25) is 9.59 Å². The first-order chi connectivity index (χ1) is 13.9. The van der Waals surface area contributed by atoms with Crippen molar-refractivity contribution < 1.29 is 23.9 Å².